The van der Waals surface area contributed by atoms with Crippen LogP contribution in [0.2, 0.25) is 0 Å². The molecule has 128 valence electrons. The Bertz CT molecular complexity index is 504. The molecule has 0 radical (unpaired) electrons. The lowest BCUT2D eigenvalue weighted by Crippen LogP contribution is -2.49. The summed E-state index contributed by atoms with van der Waals surface area (Å²) in [4.78, 5) is 19.4. The molecule has 1 N–H and O–H groups in total. The fourth-order valence-electron chi connectivity index (χ4n) is 2.98. The number of alkyl halides is 3. The van der Waals surface area contributed by atoms with E-state index in [4.69, 9.17) is 4.74 Å². The van der Waals surface area contributed by atoms with Crippen LogP contribution in [0.5, 0.6) is 0 Å². The number of nitrogens with one attached hydrogen (secondary N) is 1. The maximum absolute atomic E-state index is 13.4. The van der Waals surface area contributed by atoms with Crippen LogP contribution < -0.4 is 5.32 Å². The predicted octanol–water partition coefficient (Wildman–Crippen LogP) is 2.79. The number of rotatable bonds is 5. The summed E-state index contributed by atoms with van der Waals surface area (Å²) in [7, 11) is 1.19. The van der Waals surface area contributed by atoms with Gasteiger partial charge in [0.05, 0.1) is 19.0 Å². The van der Waals surface area contributed by atoms with Gasteiger partial charge in [-0.05, 0) is 18.8 Å². The van der Waals surface area contributed by atoms with Crippen molar-refractivity contribution in [1.82, 2.24) is 15.3 Å². The van der Waals surface area contributed by atoms with E-state index in [1.165, 1.54) is 19.5 Å². The van der Waals surface area contributed by atoms with Gasteiger partial charge in [-0.15, -0.1) is 0 Å². The van der Waals surface area contributed by atoms with E-state index in [1.54, 1.807) is 0 Å². The van der Waals surface area contributed by atoms with Crippen LogP contribution in [0.4, 0.5) is 13.2 Å². The number of nitrogens with zero attached hydrogens (tertiary/aromatic N) is 2. The molecular formula is C15H20F3N3O2. The Balaban J connectivity index is 2.24. The highest BCUT2D eigenvalue weighted by molar-refractivity contribution is 5.76. The highest BCUT2D eigenvalue weighted by Crippen LogP contribution is 2.34. The van der Waals surface area contributed by atoms with Gasteiger partial charge in [-0.2, -0.15) is 13.2 Å². The standard InChI is InChI=1S/C15H20F3N3O2/c1-23-14(22)12(10-5-3-2-4-6-10)21-13(15(16,17)18)11-9-19-7-8-20-11/h7-10,12-13,21H,2-6H2,1H3/t12-,13+/m0/s1. The summed E-state index contributed by atoms with van der Waals surface area (Å²) in [5.74, 6) is -0.840. The second kappa shape index (κ2) is 7.72. The molecule has 1 aromatic heterocycles. The average molecular weight is 331 g/mol. The van der Waals surface area contributed by atoms with Gasteiger partial charge < -0.3 is 4.74 Å². The Morgan fingerprint density at radius 1 is 1.30 bits per heavy atom. The molecule has 2 atom stereocenters. The van der Waals surface area contributed by atoms with Gasteiger partial charge in [0.15, 0.2) is 0 Å². The smallest absolute Gasteiger partial charge is 0.409 e. The van der Waals surface area contributed by atoms with Gasteiger partial charge in [0, 0.05) is 12.4 Å². The molecule has 0 saturated heterocycles. The Morgan fingerprint density at radius 3 is 2.52 bits per heavy atom. The molecule has 1 aliphatic rings. The van der Waals surface area contributed by atoms with Crippen molar-refractivity contribution < 1.29 is 22.7 Å². The number of hydrogen-bond acceptors (Lipinski definition) is 5. The third-order valence-corrected chi connectivity index (χ3v) is 4.13. The van der Waals surface area contributed by atoms with Gasteiger partial charge in [0.1, 0.15) is 12.1 Å². The zero-order valence-electron chi connectivity index (χ0n) is 12.8. The monoisotopic (exact) mass is 331 g/mol. The predicted molar refractivity (Wildman–Crippen MR) is 76.3 cm³/mol. The molecule has 1 aliphatic carbocycles. The van der Waals surface area contributed by atoms with Crippen LogP contribution >= 0.6 is 0 Å². The second-order valence-corrected chi connectivity index (χ2v) is 5.67. The zero-order chi connectivity index (χ0) is 16.9. The minimum atomic E-state index is -4.59. The van der Waals surface area contributed by atoms with Crippen LogP contribution in [0.3, 0.4) is 0 Å². The Hall–Kier alpha value is -1.70. The van der Waals surface area contributed by atoms with E-state index >= 15 is 0 Å². The summed E-state index contributed by atoms with van der Waals surface area (Å²) >= 11 is 0. The van der Waals surface area contributed by atoms with Crippen LogP contribution in [-0.4, -0.2) is 35.3 Å². The van der Waals surface area contributed by atoms with Crippen molar-refractivity contribution in [3.05, 3.63) is 24.3 Å². The van der Waals surface area contributed by atoms with Crippen molar-refractivity contribution in [2.24, 2.45) is 5.92 Å². The number of methoxy groups -OCH3 is 1. The number of carbonyl (C=O) groups is 1. The topological polar surface area (TPSA) is 64.1 Å². The second-order valence-electron chi connectivity index (χ2n) is 5.67. The number of halogens is 3. The van der Waals surface area contributed by atoms with E-state index in [1.807, 2.05) is 0 Å². The molecular weight excluding hydrogens is 311 g/mol. The lowest BCUT2D eigenvalue weighted by atomic mass is 9.83. The third-order valence-electron chi connectivity index (χ3n) is 4.13. The first kappa shape index (κ1) is 17.7. The van der Waals surface area contributed by atoms with Crippen LogP contribution in [0.25, 0.3) is 0 Å². The van der Waals surface area contributed by atoms with Crippen molar-refractivity contribution in [1.29, 1.82) is 0 Å². The SMILES string of the molecule is COC(=O)[C@@H](N[C@H](c1cnccn1)C(F)(F)F)C1CCCCC1. The van der Waals surface area contributed by atoms with Crippen LogP contribution in [0, 0.1) is 5.92 Å². The van der Waals surface area contributed by atoms with Gasteiger partial charge in [0.2, 0.25) is 0 Å². The lowest BCUT2D eigenvalue weighted by molar-refractivity contribution is -0.166. The van der Waals surface area contributed by atoms with Crippen molar-refractivity contribution in [2.45, 2.75) is 50.4 Å². The van der Waals surface area contributed by atoms with Crippen molar-refractivity contribution in [2.75, 3.05) is 7.11 Å². The van der Waals surface area contributed by atoms with Gasteiger partial charge in [-0.25, -0.2) is 0 Å². The largest absolute Gasteiger partial charge is 0.468 e. The first-order valence-corrected chi connectivity index (χ1v) is 7.60. The van der Waals surface area contributed by atoms with Gasteiger partial charge in [0.25, 0.3) is 0 Å². The highest BCUT2D eigenvalue weighted by Gasteiger charge is 2.45. The molecule has 0 unspecified atom stereocenters. The molecule has 5 nitrogen and oxygen atoms in total. The van der Waals surface area contributed by atoms with E-state index in [0.29, 0.717) is 12.8 Å². The van der Waals surface area contributed by atoms with Crippen LogP contribution in [-0.2, 0) is 9.53 Å². The molecule has 23 heavy (non-hydrogen) atoms. The average Bonchev–Trinajstić information content (AvgIpc) is 2.55. The summed E-state index contributed by atoms with van der Waals surface area (Å²) in [6.45, 7) is 0. The Kier molecular flexibility index (Phi) is 5.92. The summed E-state index contributed by atoms with van der Waals surface area (Å²) in [6, 6.07) is -3.06. The van der Waals surface area contributed by atoms with E-state index in [2.05, 4.69) is 15.3 Å². The Morgan fingerprint density at radius 2 is 2.00 bits per heavy atom. The zero-order valence-corrected chi connectivity index (χ0v) is 12.8. The molecule has 1 heterocycles. The summed E-state index contributed by atoms with van der Waals surface area (Å²) < 4.78 is 45.0. The minimum absolute atomic E-state index is 0.169. The maximum Gasteiger partial charge on any atom is 0.409 e. The lowest BCUT2D eigenvalue weighted by Gasteiger charge is -2.32. The molecule has 2 rings (SSSR count). The van der Waals surface area contributed by atoms with Gasteiger partial charge in [-0.3, -0.25) is 20.1 Å². The number of aromatic nitrogens is 2. The van der Waals surface area contributed by atoms with Crippen molar-refractivity contribution in [3.63, 3.8) is 0 Å². The fraction of sp³-hybridized carbons (Fsp3) is 0.667. The molecule has 0 aromatic carbocycles. The van der Waals surface area contributed by atoms with Crippen molar-refractivity contribution >= 4 is 5.97 Å². The molecule has 0 amide bonds. The Labute approximate surface area is 132 Å². The number of hydrogen-bond donors (Lipinski definition) is 1. The molecule has 1 fully saturated rings. The van der Waals surface area contributed by atoms with E-state index < -0.39 is 24.2 Å². The number of carbonyl (C=O) groups excluding carboxylic acids is 1. The molecule has 1 aromatic rings. The third kappa shape index (κ3) is 4.63. The maximum atomic E-state index is 13.4. The van der Waals surface area contributed by atoms with Gasteiger partial charge in [-0.1, -0.05) is 19.3 Å². The van der Waals surface area contributed by atoms with Gasteiger partial charge >= 0.3 is 12.1 Å². The summed E-state index contributed by atoms with van der Waals surface area (Å²) in [5, 5.41) is 2.43. The number of esters is 1. The molecule has 0 aliphatic heterocycles. The molecule has 0 spiro atoms. The molecule has 8 heteroatoms. The fourth-order valence-corrected chi connectivity index (χ4v) is 2.98. The van der Waals surface area contributed by atoms with E-state index in [0.717, 1.165) is 25.5 Å². The quantitative estimate of drug-likeness (QED) is 0.841. The molecule has 1 saturated carbocycles. The van der Waals surface area contributed by atoms with E-state index in [9.17, 15) is 18.0 Å². The first-order chi connectivity index (χ1) is 10.9. The van der Waals surface area contributed by atoms with E-state index in [-0.39, 0.29) is 11.6 Å². The highest BCUT2D eigenvalue weighted by atomic mass is 19.4. The van der Waals surface area contributed by atoms with Crippen LogP contribution in [0.1, 0.15) is 43.8 Å². The number of ether oxygens (including phenoxy) is 1. The summed E-state index contributed by atoms with van der Waals surface area (Å²) in [6.07, 6.45) is 3.23. The normalized spacial score (nSPS) is 19.1. The summed E-state index contributed by atoms with van der Waals surface area (Å²) in [5.41, 5.74) is -0.260. The van der Waals surface area contributed by atoms with Crippen LogP contribution in [0.15, 0.2) is 18.6 Å². The minimum Gasteiger partial charge on any atom is -0.468 e. The first-order valence-electron chi connectivity index (χ1n) is 7.60. The molecule has 0 bridgehead atoms. The van der Waals surface area contributed by atoms with Crippen molar-refractivity contribution in [3.8, 4) is 0 Å².